The number of aromatic nitrogens is 1. The van der Waals surface area contributed by atoms with Crippen molar-refractivity contribution in [3.8, 4) is 0 Å². The summed E-state index contributed by atoms with van der Waals surface area (Å²) in [5.41, 5.74) is 2.84. The van der Waals surface area contributed by atoms with E-state index >= 15 is 0 Å². The summed E-state index contributed by atoms with van der Waals surface area (Å²) in [4.78, 5) is 29.0. The number of hydrogen-bond donors (Lipinski definition) is 2. The summed E-state index contributed by atoms with van der Waals surface area (Å²) in [7, 11) is 0. The standard InChI is InChI=1S/C23H21ClN2O4/c1-14-19(22(27)28)21(17-8-3-9-18(24)12-17)20(15(2)26-14)23(29)30-11-5-7-16-6-4-10-25-13-16/h3-10,12-13,21,26H,11H2,1-2H3,(H,27,28)/b7-5+. The Morgan fingerprint density at radius 1 is 1.20 bits per heavy atom. The van der Waals surface area contributed by atoms with Crippen LogP contribution in [-0.4, -0.2) is 28.6 Å². The Hall–Kier alpha value is -3.38. The average Bonchev–Trinajstić information content (AvgIpc) is 2.71. The average molecular weight is 425 g/mol. The van der Waals surface area contributed by atoms with Crippen molar-refractivity contribution in [2.24, 2.45) is 0 Å². The molecule has 1 aromatic carbocycles. The normalized spacial score (nSPS) is 16.6. The number of aliphatic carboxylic acids is 1. The van der Waals surface area contributed by atoms with Gasteiger partial charge in [0.15, 0.2) is 0 Å². The lowest BCUT2D eigenvalue weighted by atomic mass is 9.80. The summed E-state index contributed by atoms with van der Waals surface area (Å²) >= 11 is 6.13. The number of nitrogens with one attached hydrogen (secondary N) is 1. The van der Waals surface area contributed by atoms with Gasteiger partial charge in [0, 0.05) is 28.8 Å². The van der Waals surface area contributed by atoms with Gasteiger partial charge in [-0.3, -0.25) is 4.98 Å². The van der Waals surface area contributed by atoms with Gasteiger partial charge in [-0.05, 0) is 49.2 Å². The topological polar surface area (TPSA) is 88.5 Å². The molecule has 1 unspecified atom stereocenters. The lowest BCUT2D eigenvalue weighted by Crippen LogP contribution is -2.31. The molecule has 2 heterocycles. The monoisotopic (exact) mass is 424 g/mol. The molecule has 1 atom stereocenters. The van der Waals surface area contributed by atoms with E-state index in [9.17, 15) is 14.7 Å². The molecule has 0 amide bonds. The largest absolute Gasteiger partial charge is 0.478 e. The molecule has 154 valence electrons. The van der Waals surface area contributed by atoms with Crippen molar-refractivity contribution in [2.45, 2.75) is 19.8 Å². The second kappa shape index (κ2) is 9.41. The summed E-state index contributed by atoms with van der Waals surface area (Å²) in [6.45, 7) is 3.43. The number of carboxylic acid groups (broad SMARTS) is 1. The zero-order valence-corrected chi connectivity index (χ0v) is 17.3. The van der Waals surface area contributed by atoms with Gasteiger partial charge in [0.05, 0.1) is 17.1 Å². The second-order valence-electron chi connectivity index (χ2n) is 6.78. The molecule has 1 aliphatic heterocycles. The highest BCUT2D eigenvalue weighted by Crippen LogP contribution is 2.39. The number of halogens is 1. The summed E-state index contributed by atoms with van der Waals surface area (Å²) in [6, 6.07) is 10.5. The van der Waals surface area contributed by atoms with Crippen LogP contribution in [0.1, 0.15) is 30.9 Å². The van der Waals surface area contributed by atoms with E-state index in [0.717, 1.165) is 5.56 Å². The number of pyridine rings is 1. The number of hydrogen-bond acceptors (Lipinski definition) is 5. The number of esters is 1. The molecule has 6 nitrogen and oxygen atoms in total. The van der Waals surface area contributed by atoms with Gasteiger partial charge in [0.2, 0.25) is 0 Å². The fraction of sp³-hybridized carbons (Fsp3) is 0.174. The van der Waals surface area contributed by atoms with Crippen LogP contribution >= 0.6 is 11.6 Å². The number of carboxylic acids is 1. The molecular formula is C23H21ClN2O4. The van der Waals surface area contributed by atoms with Crippen molar-refractivity contribution in [2.75, 3.05) is 6.61 Å². The Labute approximate surface area is 179 Å². The minimum Gasteiger partial charge on any atom is -0.478 e. The molecule has 0 spiro atoms. The van der Waals surface area contributed by atoms with Crippen molar-refractivity contribution in [1.82, 2.24) is 10.3 Å². The molecular weight excluding hydrogens is 404 g/mol. The molecule has 2 aromatic rings. The maximum atomic E-state index is 12.9. The van der Waals surface area contributed by atoms with E-state index < -0.39 is 17.9 Å². The maximum Gasteiger partial charge on any atom is 0.337 e. The predicted molar refractivity (Wildman–Crippen MR) is 115 cm³/mol. The van der Waals surface area contributed by atoms with Crippen LogP contribution in [0, 0.1) is 0 Å². The zero-order valence-electron chi connectivity index (χ0n) is 16.6. The van der Waals surface area contributed by atoms with E-state index in [1.807, 2.05) is 12.1 Å². The summed E-state index contributed by atoms with van der Waals surface area (Å²) in [6.07, 6.45) is 6.86. The van der Waals surface area contributed by atoms with Gasteiger partial charge < -0.3 is 15.2 Å². The van der Waals surface area contributed by atoms with Gasteiger partial charge in [-0.2, -0.15) is 0 Å². The van der Waals surface area contributed by atoms with Crippen molar-refractivity contribution in [3.05, 3.63) is 93.6 Å². The fourth-order valence-electron chi connectivity index (χ4n) is 3.43. The van der Waals surface area contributed by atoms with E-state index in [1.54, 1.807) is 62.7 Å². The smallest absolute Gasteiger partial charge is 0.337 e. The van der Waals surface area contributed by atoms with Gasteiger partial charge in [0.1, 0.15) is 6.61 Å². The Morgan fingerprint density at radius 2 is 1.97 bits per heavy atom. The third kappa shape index (κ3) is 4.78. The molecule has 0 fully saturated rings. The fourth-order valence-corrected chi connectivity index (χ4v) is 3.63. The Balaban J connectivity index is 1.88. The number of rotatable bonds is 6. The van der Waals surface area contributed by atoms with E-state index in [2.05, 4.69) is 10.3 Å². The van der Waals surface area contributed by atoms with Crippen LogP contribution < -0.4 is 5.32 Å². The first-order chi connectivity index (χ1) is 14.4. The number of ether oxygens (including phenoxy) is 1. The van der Waals surface area contributed by atoms with Crippen LogP contribution in [-0.2, 0) is 14.3 Å². The SMILES string of the molecule is CC1=C(C(=O)O)C(c2cccc(Cl)c2)C(C(=O)OC/C=C/c2cccnc2)=C(C)N1. The highest BCUT2D eigenvalue weighted by molar-refractivity contribution is 6.30. The van der Waals surface area contributed by atoms with Crippen molar-refractivity contribution in [3.63, 3.8) is 0 Å². The first-order valence-corrected chi connectivity index (χ1v) is 9.67. The Morgan fingerprint density at radius 3 is 2.63 bits per heavy atom. The van der Waals surface area contributed by atoms with Gasteiger partial charge >= 0.3 is 11.9 Å². The lowest BCUT2D eigenvalue weighted by Gasteiger charge is -2.29. The highest BCUT2D eigenvalue weighted by atomic mass is 35.5. The van der Waals surface area contributed by atoms with Gasteiger partial charge in [-0.25, -0.2) is 9.59 Å². The van der Waals surface area contributed by atoms with Crippen LogP contribution in [0.4, 0.5) is 0 Å². The van der Waals surface area contributed by atoms with Gasteiger partial charge in [-0.1, -0.05) is 35.9 Å². The Kier molecular flexibility index (Phi) is 6.69. The molecule has 0 aliphatic carbocycles. The molecule has 0 radical (unpaired) electrons. The second-order valence-corrected chi connectivity index (χ2v) is 7.22. The van der Waals surface area contributed by atoms with Crippen molar-refractivity contribution >= 4 is 29.6 Å². The molecule has 30 heavy (non-hydrogen) atoms. The Bertz CT molecular complexity index is 1060. The number of dihydropyridines is 1. The molecule has 0 saturated carbocycles. The zero-order chi connectivity index (χ0) is 21.7. The van der Waals surface area contributed by atoms with Crippen molar-refractivity contribution < 1.29 is 19.4 Å². The minimum absolute atomic E-state index is 0.0396. The maximum absolute atomic E-state index is 12.9. The van der Waals surface area contributed by atoms with Crippen molar-refractivity contribution in [1.29, 1.82) is 0 Å². The molecule has 3 rings (SSSR count). The first kappa shape index (κ1) is 21.3. The highest BCUT2D eigenvalue weighted by Gasteiger charge is 2.37. The summed E-state index contributed by atoms with van der Waals surface area (Å²) < 4.78 is 5.43. The number of carbonyl (C=O) groups is 2. The third-order valence-electron chi connectivity index (χ3n) is 4.70. The van der Waals surface area contributed by atoms with Crippen LogP contribution in [0.5, 0.6) is 0 Å². The van der Waals surface area contributed by atoms with E-state index in [4.69, 9.17) is 16.3 Å². The summed E-state index contributed by atoms with van der Waals surface area (Å²) in [5.74, 6) is -2.50. The van der Waals surface area contributed by atoms with E-state index in [0.29, 0.717) is 22.0 Å². The van der Waals surface area contributed by atoms with Crippen LogP contribution in [0.3, 0.4) is 0 Å². The lowest BCUT2D eigenvalue weighted by molar-refractivity contribution is -0.138. The molecule has 7 heteroatoms. The number of nitrogens with zero attached hydrogens (tertiary/aromatic N) is 1. The number of carbonyl (C=O) groups excluding carboxylic acids is 1. The molecule has 1 aromatic heterocycles. The molecule has 2 N–H and O–H groups in total. The molecule has 1 aliphatic rings. The summed E-state index contributed by atoms with van der Waals surface area (Å²) in [5, 5.41) is 13.3. The predicted octanol–water partition coefficient (Wildman–Crippen LogP) is 4.31. The van der Waals surface area contributed by atoms with Crippen LogP contribution in [0.25, 0.3) is 6.08 Å². The molecule has 0 bridgehead atoms. The quantitative estimate of drug-likeness (QED) is 0.672. The number of allylic oxidation sites excluding steroid dienone is 2. The third-order valence-corrected chi connectivity index (χ3v) is 4.93. The minimum atomic E-state index is -1.11. The van der Waals surface area contributed by atoms with Crippen LogP contribution in [0.15, 0.2) is 77.4 Å². The number of benzene rings is 1. The first-order valence-electron chi connectivity index (χ1n) is 9.29. The van der Waals surface area contributed by atoms with Gasteiger partial charge in [0.25, 0.3) is 0 Å². The van der Waals surface area contributed by atoms with E-state index in [1.165, 1.54) is 0 Å². The van der Waals surface area contributed by atoms with Gasteiger partial charge in [-0.15, -0.1) is 0 Å². The molecule has 0 saturated heterocycles. The van der Waals surface area contributed by atoms with E-state index in [-0.39, 0.29) is 17.8 Å². The van der Waals surface area contributed by atoms with Crippen LogP contribution in [0.2, 0.25) is 5.02 Å².